The van der Waals surface area contributed by atoms with Gasteiger partial charge in [-0.3, -0.25) is 0 Å². The normalized spacial score (nSPS) is 10.5. The Hall–Kier alpha value is -2.10. The van der Waals surface area contributed by atoms with Gasteiger partial charge in [0.1, 0.15) is 17.5 Å². The van der Waals surface area contributed by atoms with Crippen molar-refractivity contribution < 1.29 is 0 Å². The molecule has 4 nitrogen and oxygen atoms in total. The molecule has 0 unspecified atom stereocenters. The lowest BCUT2D eigenvalue weighted by molar-refractivity contribution is 0.868. The Balaban J connectivity index is 2.28. The molecule has 0 radical (unpaired) electrons. The molecule has 2 aromatic rings. The van der Waals surface area contributed by atoms with Crippen molar-refractivity contribution in [2.75, 3.05) is 23.8 Å². The van der Waals surface area contributed by atoms with Crippen LogP contribution in [0.2, 0.25) is 0 Å². The van der Waals surface area contributed by atoms with E-state index >= 15 is 0 Å². The first-order valence-corrected chi connectivity index (χ1v) is 7.37. The van der Waals surface area contributed by atoms with E-state index in [1.165, 1.54) is 11.1 Å². The van der Waals surface area contributed by atoms with E-state index in [9.17, 15) is 0 Å². The molecule has 21 heavy (non-hydrogen) atoms. The first kappa shape index (κ1) is 15.3. The first-order chi connectivity index (χ1) is 10.0. The topological polar surface area (TPSA) is 41.1 Å². The number of hydrogen-bond acceptors (Lipinski definition) is 4. The smallest absolute Gasteiger partial charge is 0.137 e. The summed E-state index contributed by atoms with van der Waals surface area (Å²) in [6.07, 6.45) is 0. The highest BCUT2D eigenvalue weighted by Crippen LogP contribution is 2.24. The van der Waals surface area contributed by atoms with Crippen LogP contribution in [-0.2, 0) is 6.54 Å². The quantitative estimate of drug-likeness (QED) is 0.912. The number of hydrogen-bond donors (Lipinski definition) is 1. The summed E-state index contributed by atoms with van der Waals surface area (Å²) >= 11 is 0. The van der Waals surface area contributed by atoms with Gasteiger partial charge in [0.25, 0.3) is 0 Å². The molecule has 0 aliphatic rings. The van der Waals surface area contributed by atoms with Gasteiger partial charge < -0.3 is 10.2 Å². The average molecular weight is 284 g/mol. The molecule has 0 atom stereocenters. The van der Waals surface area contributed by atoms with Crippen LogP contribution in [0.15, 0.2) is 24.3 Å². The van der Waals surface area contributed by atoms with Gasteiger partial charge >= 0.3 is 0 Å². The predicted molar refractivity (Wildman–Crippen MR) is 89.0 cm³/mol. The first-order valence-electron chi connectivity index (χ1n) is 7.37. The summed E-state index contributed by atoms with van der Waals surface area (Å²) in [7, 11) is 2.08. The minimum absolute atomic E-state index is 0.794. The van der Waals surface area contributed by atoms with E-state index in [1.54, 1.807) is 0 Å². The molecule has 1 aromatic carbocycles. The van der Waals surface area contributed by atoms with Gasteiger partial charge in [-0.25, -0.2) is 9.97 Å². The van der Waals surface area contributed by atoms with Crippen LogP contribution in [0.25, 0.3) is 0 Å². The molecule has 0 spiro atoms. The maximum Gasteiger partial charge on any atom is 0.137 e. The minimum atomic E-state index is 0.794. The van der Waals surface area contributed by atoms with Crippen molar-refractivity contribution in [2.45, 2.75) is 34.2 Å². The standard InChI is InChI=1S/C17H24N4/c1-6-18-16-13(3)17(20-14(4)19-16)21(5)11-15-9-7-8-12(2)10-15/h7-10H,6,11H2,1-5H3,(H,18,19,20). The molecule has 1 N–H and O–H groups in total. The van der Waals surface area contributed by atoms with Gasteiger partial charge in [-0.15, -0.1) is 0 Å². The van der Waals surface area contributed by atoms with Crippen LogP contribution in [0.4, 0.5) is 11.6 Å². The molecule has 4 heteroatoms. The van der Waals surface area contributed by atoms with Gasteiger partial charge in [-0.05, 0) is 33.3 Å². The fraction of sp³-hybridized carbons (Fsp3) is 0.412. The monoisotopic (exact) mass is 284 g/mol. The summed E-state index contributed by atoms with van der Waals surface area (Å²) in [5, 5.41) is 3.31. The van der Waals surface area contributed by atoms with Crippen molar-refractivity contribution in [2.24, 2.45) is 0 Å². The maximum absolute atomic E-state index is 4.61. The fourth-order valence-electron chi connectivity index (χ4n) is 2.48. The highest BCUT2D eigenvalue weighted by Gasteiger charge is 2.13. The van der Waals surface area contributed by atoms with Gasteiger partial charge in [0, 0.05) is 25.7 Å². The molecule has 112 valence electrons. The molecular formula is C17H24N4. The Bertz CT molecular complexity index is 622. The van der Waals surface area contributed by atoms with Crippen molar-refractivity contribution >= 4 is 11.6 Å². The van der Waals surface area contributed by atoms with Crippen molar-refractivity contribution in [3.05, 3.63) is 46.8 Å². The summed E-state index contributed by atoms with van der Waals surface area (Å²) in [6, 6.07) is 8.58. The highest BCUT2D eigenvalue weighted by atomic mass is 15.2. The van der Waals surface area contributed by atoms with Crippen LogP contribution < -0.4 is 10.2 Å². The summed E-state index contributed by atoms with van der Waals surface area (Å²) in [4.78, 5) is 11.3. The molecule has 0 saturated carbocycles. The summed E-state index contributed by atoms with van der Waals surface area (Å²) in [6.45, 7) is 9.90. The molecule has 0 aliphatic carbocycles. The zero-order chi connectivity index (χ0) is 15.4. The summed E-state index contributed by atoms with van der Waals surface area (Å²) in [5.41, 5.74) is 3.67. The van der Waals surface area contributed by atoms with E-state index in [-0.39, 0.29) is 0 Å². The van der Waals surface area contributed by atoms with E-state index < -0.39 is 0 Å². The Labute approximate surface area is 127 Å². The van der Waals surface area contributed by atoms with Crippen molar-refractivity contribution in [1.29, 1.82) is 0 Å². The average Bonchev–Trinajstić information content (AvgIpc) is 2.42. The Morgan fingerprint density at radius 1 is 1.14 bits per heavy atom. The lowest BCUT2D eigenvalue weighted by atomic mass is 10.1. The molecular weight excluding hydrogens is 260 g/mol. The molecule has 0 amide bonds. The lowest BCUT2D eigenvalue weighted by Gasteiger charge is -2.22. The minimum Gasteiger partial charge on any atom is -0.370 e. The second-order valence-corrected chi connectivity index (χ2v) is 5.44. The molecule has 0 aliphatic heterocycles. The van der Waals surface area contributed by atoms with Crippen LogP contribution in [0.1, 0.15) is 29.4 Å². The van der Waals surface area contributed by atoms with E-state index in [4.69, 9.17) is 0 Å². The van der Waals surface area contributed by atoms with Gasteiger partial charge in [-0.2, -0.15) is 0 Å². The zero-order valence-corrected chi connectivity index (χ0v) is 13.6. The highest BCUT2D eigenvalue weighted by molar-refractivity contribution is 5.58. The Morgan fingerprint density at radius 3 is 2.57 bits per heavy atom. The van der Waals surface area contributed by atoms with Crippen LogP contribution in [0.5, 0.6) is 0 Å². The van der Waals surface area contributed by atoms with Gasteiger partial charge in [0.2, 0.25) is 0 Å². The van der Waals surface area contributed by atoms with Gasteiger partial charge in [0.15, 0.2) is 0 Å². The molecule has 1 heterocycles. The van der Waals surface area contributed by atoms with Gasteiger partial charge in [0.05, 0.1) is 0 Å². The lowest BCUT2D eigenvalue weighted by Crippen LogP contribution is -2.20. The third-order valence-corrected chi connectivity index (χ3v) is 3.44. The third kappa shape index (κ3) is 3.72. The SMILES string of the molecule is CCNc1nc(C)nc(N(C)Cc2cccc(C)c2)c1C. The molecule has 2 rings (SSSR count). The van der Waals surface area contributed by atoms with Crippen LogP contribution in [0, 0.1) is 20.8 Å². The number of rotatable bonds is 5. The number of nitrogens with one attached hydrogen (secondary N) is 1. The van der Waals surface area contributed by atoms with E-state index in [1.807, 2.05) is 6.92 Å². The van der Waals surface area contributed by atoms with Crippen molar-refractivity contribution in [1.82, 2.24) is 9.97 Å². The van der Waals surface area contributed by atoms with Gasteiger partial charge in [-0.1, -0.05) is 29.8 Å². The number of aromatic nitrogens is 2. The van der Waals surface area contributed by atoms with E-state index in [0.717, 1.165) is 36.1 Å². The number of aryl methyl sites for hydroxylation is 2. The summed E-state index contributed by atoms with van der Waals surface area (Å²) < 4.78 is 0. The van der Waals surface area contributed by atoms with Crippen LogP contribution in [-0.4, -0.2) is 23.6 Å². The number of anilines is 2. The van der Waals surface area contributed by atoms with Crippen LogP contribution >= 0.6 is 0 Å². The number of nitrogens with zero attached hydrogens (tertiary/aromatic N) is 3. The second kappa shape index (κ2) is 6.57. The van der Waals surface area contributed by atoms with E-state index in [0.29, 0.717) is 0 Å². The largest absolute Gasteiger partial charge is 0.370 e. The fourth-order valence-corrected chi connectivity index (χ4v) is 2.48. The van der Waals surface area contributed by atoms with Crippen LogP contribution in [0.3, 0.4) is 0 Å². The zero-order valence-electron chi connectivity index (χ0n) is 13.6. The van der Waals surface area contributed by atoms with E-state index in [2.05, 4.69) is 72.3 Å². The summed E-state index contributed by atoms with van der Waals surface area (Å²) in [5.74, 6) is 2.71. The maximum atomic E-state index is 4.61. The molecule has 0 bridgehead atoms. The molecule has 0 saturated heterocycles. The molecule has 1 aromatic heterocycles. The predicted octanol–water partition coefficient (Wildman–Crippen LogP) is 3.47. The Kier molecular flexibility index (Phi) is 4.78. The van der Waals surface area contributed by atoms with Crippen molar-refractivity contribution in [3.8, 4) is 0 Å². The molecule has 0 fully saturated rings. The second-order valence-electron chi connectivity index (χ2n) is 5.44. The Morgan fingerprint density at radius 2 is 1.90 bits per heavy atom. The number of benzene rings is 1. The van der Waals surface area contributed by atoms with Crippen molar-refractivity contribution in [3.63, 3.8) is 0 Å². The third-order valence-electron chi connectivity index (χ3n) is 3.44.